The Morgan fingerprint density at radius 1 is 1.29 bits per heavy atom. The zero-order valence-corrected chi connectivity index (χ0v) is 9.18. The number of hydrogen-bond donors (Lipinski definition) is 4. The molecule has 2 rings (SSSR count). The van der Waals surface area contributed by atoms with Gasteiger partial charge in [-0.05, 0) is 12.8 Å². The zero-order chi connectivity index (χ0) is 12.6. The summed E-state index contributed by atoms with van der Waals surface area (Å²) < 4.78 is 0. The van der Waals surface area contributed by atoms with Crippen LogP contribution in [0.4, 0.5) is 0 Å². The van der Waals surface area contributed by atoms with E-state index in [0.29, 0.717) is 11.3 Å². The van der Waals surface area contributed by atoms with Crippen molar-refractivity contribution in [1.29, 1.82) is 0 Å². The Morgan fingerprint density at radius 2 is 1.88 bits per heavy atom. The maximum atomic E-state index is 11.1. The molecule has 17 heavy (non-hydrogen) atoms. The summed E-state index contributed by atoms with van der Waals surface area (Å²) >= 11 is 0. The molecule has 1 fully saturated rings. The van der Waals surface area contributed by atoms with Gasteiger partial charge in [-0.25, -0.2) is 4.98 Å². The van der Waals surface area contributed by atoms with E-state index in [1.165, 1.54) is 0 Å². The number of aliphatic hydroxyl groups excluding tert-OH is 2. The molecule has 0 radical (unpaired) electrons. The van der Waals surface area contributed by atoms with Gasteiger partial charge in [0.25, 0.3) is 5.91 Å². The van der Waals surface area contributed by atoms with Crippen LogP contribution in [0.25, 0.3) is 0 Å². The molecule has 1 aliphatic rings. The predicted octanol–water partition coefficient (Wildman–Crippen LogP) is -0.252. The molecule has 0 unspecified atom stereocenters. The highest BCUT2D eigenvalue weighted by Crippen LogP contribution is 2.43. The third kappa shape index (κ3) is 1.96. The number of carbonyl (C=O) groups excluding carboxylic acids is 1. The van der Waals surface area contributed by atoms with Crippen molar-refractivity contribution >= 4 is 5.91 Å². The molecule has 1 aliphatic carbocycles. The molecule has 1 aromatic heterocycles. The summed E-state index contributed by atoms with van der Waals surface area (Å²) in [5.41, 5.74) is 5.97. The number of aromatic hydroxyl groups is 1. The highest BCUT2D eigenvalue weighted by Gasteiger charge is 2.31. The molecule has 0 bridgehead atoms. The van der Waals surface area contributed by atoms with Gasteiger partial charge >= 0.3 is 0 Å². The van der Waals surface area contributed by atoms with Crippen molar-refractivity contribution in [3.63, 3.8) is 0 Å². The van der Waals surface area contributed by atoms with Crippen LogP contribution in [0, 0.1) is 0 Å². The van der Waals surface area contributed by atoms with Gasteiger partial charge in [-0.3, -0.25) is 4.79 Å². The summed E-state index contributed by atoms with van der Waals surface area (Å²) in [7, 11) is 0. The number of aliphatic hydroxyl groups is 2. The van der Waals surface area contributed by atoms with Crippen molar-refractivity contribution in [2.75, 3.05) is 0 Å². The van der Waals surface area contributed by atoms with Crippen LogP contribution < -0.4 is 5.73 Å². The van der Waals surface area contributed by atoms with Crippen LogP contribution in [-0.4, -0.2) is 26.2 Å². The lowest BCUT2D eigenvalue weighted by atomic mass is 10.0. The zero-order valence-electron chi connectivity index (χ0n) is 9.18. The number of amides is 1. The molecule has 0 aromatic carbocycles. The van der Waals surface area contributed by atoms with E-state index in [1.807, 2.05) is 0 Å². The Kier molecular flexibility index (Phi) is 2.99. The summed E-state index contributed by atoms with van der Waals surface area (Å²) in [5, 5.41) is 28.3. The van der Waals surface area contributed by atoms with Crippen LogP contribution in [0.3, 0.4) is 0 Å². The van der Waals surface area contributed by atoms with Gasteiger partial charge in [-0.1, -0.05) is 0 Å². The van der Waals surface area contributed by atoms with Gasteiger partial charge < -0.3 is 21.1 Å². The second kappa shape index (κ2) is 4.31. The molecule has 0 saturated heterocycles. The Labute approximate surface area is 97.7 Å². The molecule has 6 heteroatoms. The normalized spacial score (nSPS) is 14.9. The lowest BCUT2D eigenvalue weighted by Crippen LogP contribution is -2.17. The van der Waals surface area contributed by atoms with E-state index in [1.54, 1.807) is 0 Å². The monoisotopic (exact) mass is 238 g/mol. The molecule has 6 nitrogen and oxygen atoms in total. The topological polar surface area (TPSA) is 117 Å². The van der Waals surface area contributed by atoms with E-state index in [4.69, 9.17) is 5.73 Å². The standard InChI is InChI=1S/C11H14N2O4/c12-11(17)9-10(16)7(4-15)6(3-14)8(13-9)5-1-2-5/h5,14-16H,1-4H2,(H2,12,17). The molecule has 0 spiro atoms. The summed E-state index contributed by atoms with van der Waals surface area (Å²) in [6, 6.07) is 0. The van der Waals surface area contributed by atoms with E-state index >= 15 is 0 Å². The fourth-order valence-corrected chi connectivity index (χ4v) is 1.89. The number of carbonyl (C=O) groups is 1. The van der Waals surface area contributed by atoms with Crippen molar-refractivity contribution in [2.24, 2.45) is 5.73 Å². The Hall–Kier alpha value is -1.66. The molecule has 0 atom stereocenters. The number of primary amides is 1. The number of nitrogens with two attached hydrogens (primary N) is 1. The number of pyridine rings is 1. The van der Waals surface area contributed by atoms with Crippen molar-refractivity contribution in [1.82, 2.24) is 4.98 Å². The lowest BCUT2D eigenvalue weighted by molar-refractivity contribution is 0.0991. The van der Waals surface area contributed by atoms with Gasteiger partial charge in [-0.2, -0.15) is 0 Å². The van der Waals surface area contributed by atoms with Gasteiger partial charge in [0.15, 0.2) is 11.4 Å². The largest absolute Gasteiger partial charge is 0.505 e. The van der Waals surface area contributed by atoms with Gasteiger partial charge in [0, 0.05) is 17.0 Å². The third-order valence-electron chi connectivity index (χ3n) is 2.93. The molecular formula is C11H14N2O4. The number of aromatic nitrogens is 1. The van der Waals surface area contributed by atoms with Crippen molar-refractivity contribution in [2.45, 2.75) is 32.0 Å². The molecule has 1 saturated carbocycles. The minimum absolute atomic E-state index is 0.137. The van der Waals surface area contributed by atoms with E-state index < -0.39 is 18.3 Å². The summed E-state index contributed by atoms with van der Waals surface area (Å²) in [6.45, 7) is -0.800. The molecule has 1 heterocycles. The fraction of sp³-hybridized carbons (Fsp3) is 0.455. The number of rotatable bonds is 4. The first-order chi connectivity index (χ1) is 8.10. The van der Waals surface area contributed by atoms with Gasteiger partial charge in [0.1, 0.15) is 0 Å². The van der Waals surface area contributed by atoms with Crippen LogP contribution in [-0.2, 0) is 13.2 Å². The summed E-state index contributed by atoms with van der Waals surface area (Å²) in [5.74, 6) is -1.10. The number of nitrogens with zero attached hydrogens (tertiary/aromatic N) is 1. The van der Waals surface area contributed by atoms with Crippen molar-refractivity contribution in [3.8, 4) is 5.75 Å². The van der Waals surface area contributed by atoms with Crippen LogP contribution in [0.5, 0.6) is 5.75 Å². The van der Waals surface area contributed by atoms with Crippen molar-refractivity contribution in [3.05, 3.63) is 22.5 Å². The predicted molar refractivity (Wildman–Crippen MR) is 58.2 cm³/mol. The van der Waals surface area contributed by atoms with Crippen LogP contribution in [0.15, 0.2) is 0 Å². The quantitative estimate of drug-likeness (QED) is 0.577. The maximum Gasteiger partial charge on any atom is 0.271 e. The van der Waals surface area contributed by atoms with Crippen LogP contribution >= 0.6 is 0 Å². The average molecular weight is 238 g/mol. The first-order valence-corrected chi connectivity index (χ1v) is 5.36. The van der Waals surface area contributed by atoms with Crippen LogP contribution in [0.2, 0.25) is 0 Å². The van der Waals surface area contributed by atoms with E-state index in [2.05, 4.69) is 4.98 Å². The highest BCUT2D eigenvalue weighted by molar-refractivity contribution is 5.94. The molecule has 1 amide bonds. The lowest BCUT2D eigenvalue weighted by Gasteiger charge is -2.14. The minimum atomic E-state index is -0.844. The number of hydrogen-bond acceptors (Lipinski definition) is 5. The molecule has 5 N–H and O–H groups in total. The Balaban J connectivity index is 2.65. The van der Waals surface area contributed by atoms with Gasteiger partial charge in [0.05, 0.1) is 18.9 Å². The molecular weight excluding hydrogens is 224 g/mol. The second-order valence-corrected chi connectivity index (χ2v) is 4.11. The summed E-state index contributed by atoms with van der Waals surface area (Å²) in [4.78, 5) is 15.2. The SMILES string of the molecule is NC(=O)c1nc(C2CC2)c(CO)c(CO)c1O. The average Bonchev–Trinajstić information content (AvgIpc) is 3.11. The minimum Gasteiger partial charge on any atom is -0.505 e. The first kappa shape index (κ1) is 11.8. The fourth-order valence-electron chi connectivity index (χ4n) is 1.89. The third-order valence-corrected chi connectivity index (χ3v) is 2.93. The van der Waals surface area contributed by atoms with Gasteiger partial charge in [0.2, 0.25) is 0 Å². The summed E-state index contributed by atoms with van der Waals surface area (Å²) in [6.07, 6.45) is 1.85. The Bertz CT molecular complexity index is 469. The van der Waals surface area contributed by atoms with E-state index in [-0.39, 0.29) is 23.8 Å². The molecule has 92 valence electrons. The van der Waals surface area contributed by atoms with Crippen molar-refractivity contribution < 1.29 is 20.1 Å². The Morgan fingerprint density at radius 3 is 2.29 bits per heavy atom. The maximum absolute atomic E-state index is 11.1. The second-order valence-electron chi connectivity index (χ2n) is 4.11. The molecule has 0 aliphatic heterocycles. The highest BCUT2D eigenvalue weighted by atomic mass is 16.3. The molecule has 1 aromatic rings. The smallest absolute Gasteiger partial charge is 0.271 e. The van der Waals surface area contributed by atoms with Crippen LogP contribution in [0.1, 0.15) is 46.1 Å². The van der Waals surface area contributed by atoms with Gasteiger partial charge in [-0.15, -0.1) is 0 Å². The van der Waals surface area contributed by atoms with E-state index in [0.717, 1.165) is 12.8 Å². The first-order valence-electron chi connectivity index (χ1n) is 5.36. The van der Waals surface area contributed by atoms with E-state index in [9.17, 15) is 20.1 Å².